The van der Waals surface area contributed by atoms with Crippen molar-refractivity contribution in [2.24, 2.45) is 5.73 Å². The van der Waals surface area contributed by atoms with Gasteiger partial charge in [0.1, 0.15) is 0 Å². The van der Waals surface area contributed by atoms with Gasteiger partial charge in [0.15, 0.2) is 0 Å². The normalized spacial score (nSPS) is 16.5. The molecule has 4 nitrogen and oxygen atoms in total. The zero-order chi connectivity index (χ0) is 12.6. The molecule has 4 heteroatoms. The summed E-state index contributed by atoms with van der Waals surface area (Å²) in [5.41, 5.74) is 8.31. The Labute approximate surface area is 102 Å². The van der Waals surface area contributed by atoms with Gasteiger partial charge in [-0.2, -0.15) is 0 Å². The topological polar surface area (TPSA) is 58.4 Å². The van der Waals surface area contributed by atoms with Gasteiger partial charge in [-0.25, -0.2) is 0 Å². The molecule has 1 aliphatic rings. The van der Waals surface area contributed by atoms with Crippen LogP contribution in [0.3, 0.4) is 0 Å². The molecule has 17 heavy (non-hydrogen) atoms. The van der Waals surface area contributed by atoms with Crippen LogP contribution in [0.15, 0.2) is 18.2 Å². The van der Waals surface area contributed by atoms with E-state index >= 15 is 0 Å². The molecule has 1 aliphatic carbocycles. The number of rotatable bonds is 3. The van der Waals surface area contributed by atoms with E-state index in [0.717, 1.165) is 24.2 Å². The Bertz CT molecular complexity index is 450. The van der Waals surface area contributed by atoms with Gasteiger partial charge < -0.3 is 16.0 Å². The standard InChI is InChI=1S/C13H19N3O/c1-9-4-5-10(8-11(9)16(2)3)15-12(17)13(14)6-7-13/h4-5,8H,6-7,14H2,1-3H3,(H,15,17). The van der Waals surface area contributed by atoms with Gasteiger partial charge >= 0.3 is 0 Å². The molecule has 0 saturated heterocycles. The van der Waals surface area contributed by atoms with Gasteiger partial charge in [-0.3, -0.25) is 4.79 Å². The highest BCUT2D eigenvalue weighted by atomic mass is 16.2. The second kappa shape index (κ2) is 4.04. The number of anilines is 2. The number of nitrogens with two attached hydrogens (primary N) is 1. The van der Waals surface area contributed by atoms with Crippen LogP contribution in [0, 0.1) is 6.92 Å². The molecule has 1 aromatic rings. The van der Waals surface area contributed by atoms with E-state index in [2.05, 4.69) is 5.32 Å². The Balaban J connectivity index is 2.16. The van der Waals surface area contributed by atoms with Crippen molar-refractivity contribution >= 4 is 17.3 Å². The number of aryl methyl sites for hydroxylation is 1. The van der Waals surface area contributed by atoms with E-state index in [0.29, 0.717) is 0 Å². The maximum atomic E-state index is 11.8. The highest BCUT2D eigenvalue weighted by Gasteiger charge is 2.45. The third kappa shape index (κ3) is 2.42. The number of carbonyl (C=O) groups is 1. The molecule has 1 saturated carbocycles. The highest BCUT2D eigenvalue weighted by Crippen LogP contribution is 2.33. The molecule has 0 unspecified atom stereocenters. The molecule has 1 amide bonds. The molecule has 0 bridgehead atoms. The first-order valence-corrected chi connectivity index (χ1v) is 5.81. The number of nitrogens with one attached hydrogen (secondary N) is 1. The Morgan fingerprint density at radius 1 is 1.41 bits per heavy atom. The fourth-order valence-electron chi connectivity index (χ4n) is 1.79. The number of hydrogen-bond acceptors (Lipinski definition) is 3. The molecule has 0 atom stereocenters. The van der Waals surface area contributed by atoms with Crippen molar-refractivity contribution in [3.8, 4) is 0 Å². The number of amides is 1. The van der Waals surface area contributed by atoms with Crippen LogP contribution >= 0.6 is 0 Å². The SMILES string of the molecule is Cc1ccc(NC(=O)C2(N)CC2)cc1N(C)C. The summed E-state index contributed by atoms with van der Waals surface area (Å²) < 4.78 is 0. The fourth-order valence-corrected chi connectivity index (χ4v) is 1.79. The predicted molar refractivity (Wildman–Crippen MR) is 70.3 cm³/mol. The van der Waals surface area contributed by atoms with E-state index in [9.17, 15) is 4.79 Å². The van der Waals surface area contributed by atoms with Gasteiger partial charge in [-0.1, -0.05) is 6.07 Å². The van der Waals surface area contributed by atoms with Gasteiger partial charge in [0.2, 0.25) is 5.91 Å². The molecular weight excluding hydrogens is 214 g/mol. The summed E-state index contributed by atoms with van der Waals surface area (Å²) in [5.74, 6) is -0.0777. The van der Waals surface area contributed by atoms with Crippen LogP contribution in [-0.4, -0.2) is 25.5 Å². The quantitative estimate of drug-likeness (QED) is 0.831. The molecule has 3 N–H and O–H groups in total. The monoisotopic (exact) mass is 233 g/mol. The maximum Gasteiger partial charge on any atom is 0.244 e. The molecular formula is C13H19N3O. The summed E-state index contributed by atoms with van der Waals surface area (Å²) >= 11 is 0. The van der Waals surface area contributed by atoms with Crippen molar-refractivity contribution < 1.29 is 4.79 Å². The van der Waals surface area contributed by atoms with E-state index in [4.69, 9.17) is 5.73 Å². The second-order valence-corrected chi connectivity index (χ2v) is 5.01. The van der Waals surface area contributed by atoms with Crippen molar-refractivity contribution in [1.29, 1.82) is 0 Å². The van der Waals surface area contributed by atoms with Crippen molar-refractivity contribution in [1.82, 2.24) is 0 Å². The second-order valence-electron chi connectivity index (χ2n) is 5.01. The molecule has 2 rings (SSSR count). The van der Waals surface area contributed by atoms with Crippen molar-refractivity contribution in [2.45, 2.75) is 25.3 Å². The van der Waals surface area contributed by atoms with E-state index in [-0.39, 0.29) is 5.91 Å². The molecule has 0 heterocycles. The lowest BCUT2D eigenvalue weighted by Crippen LogP contribution is -2.37. The first-order valence-electron chi connectivity index (χ1n) is 5.81. The Hall–Kier alpha value is -1.55. The molecule has 1 fully saturated rings. The summed E-state index contributed by atoms with van der Waals surface area (Å²) in [4.78, 5) is 13.8. The summed E-state index contributed by atoms with van der Waals surface area (Å²) in [5, 5.41) is 2.88. The fraction of sp³-hybridized carbons (Fsp3) is 0.462. The number of benzene rings is 1. The minimum absolute atomic E-state index is 0.0777. The minimum Gasteiger partial charge on any atom is -0.377 e. The molecule has 0 aliphatic heterocycles. The third-order valence-corrected chi connectivity index (χ3v) is 3.19. The van der Waals surface area contributed by atoms with Crippen molar-refractivity contribution in [2.75, 3.05) is 24.3 Å². The third-order valence-electron chi connectivity index (χ3n) is 3.19. The van der Waals surface area contributed by atoms with Gasteiger partial charge in [-0.15, -0.1) is 0 Å². The smallest absolute Gasteiger partial charge is 0.244 e. The minimum atomic E-state index is -0.622. The van der Waals surface area contributed by atoms with E-state index in [1.807, 2.05) is 44.1 Å². The lowest BCUT2D eigenvalue weighted by Gasteiger charge is -2.18. The van der Waals surface area contributed by atoms with E-state index in [1.165, 1.54) is 5.56 Å². The van der Waals surface area contributed by atoms with Crippen LogP contribution in [0.5, 0.6) is 0 Å². The van der Waals surface area contributed by atoms with Crippen molar-refractivity contribution in [3.63, 3.8) is 0 Å². The maximum absolute atomic E-state index is 11.8. The summed E-state index contributed by atoms with van der Waals surface area (Å²) in [6, 6.07) is 5.88. The number of nitrogens with zero attached hydrogens (tertiary/aromatic N) is 1. The molecule has 0 aromatic heterocycles. The van der Waals surface area contributed by atoms with Crippen LogP contribution in [0.4, 0.5) is 11.4 Å². The predicted octanol–water partition coefficient (Wildman–Crippen LogP) is 1.49. The zero-order valence-electron chi connectivity index (χ0n) is 10.6. The summed E-state index contributed by atoms with van der Waals surface area (Å²) in [7, 11) is 3.97. The summed E-state index contributed by atoms with van der Waals surface area (Å²) in [6.45, 7) is 2.05. The first-order chi connectivity index (χ1) is 7.92. The van der Waals surface area contributed by atoms with Gasteiger partial charge in [-0.05, 0) is 37.5 Å². The van der Waals surface area contributed by atoms with Crippen LogP contribution in [0.25, 0.3) is 0 Å². The Morgan fingerprint density at radius 3 is 2.59 bits per heavy atom. The van der Waals surface area contributed by atoms with Crippen LogP contribution in [0.2, 0.25) is 0 Å². The van der Waals surface area contributed by atoms with E-state index in [1.54, 1.807) is 0 Å². The van der Waals surface area contributed by atoms with Crippen LogP contribution in [0.1, 0.15) is 18.4 Å². The Morgan fingerprint density at radius 2 is 2.06 bits per heavy atom. The molecule has 0 radical (unpaired) electrons. The van der Waals surface area contributed by atoms with Crippen molar-refractivity contribution in [3.05, 3.63) is 23.8 Å². The lowest BCUT2D eigenvalue weighted by atomic mass is 10.1. The van der Waals surface area contributed by atoms with Gasteiger partial charge in [0.05, 0.1) is 5.54 Å². The molecule has 0 spiro atoms. The lowest BCUT2D eigenvalue weighted by molar-refractivity contribution is -0.118. The van der Waals surface area contributed by atoms with E-state index < -0.39 is 5.54 Å². The highest BCUT2D eigenvalue weighted by molar-refractivity contribution is 6.00. The van der Waals surface area contributed by atoms with Crippen LogP contribution in [-0.2, 0) is 4.79 Å². The Kier molecular flexibility index (Phi) is 2.83. The van der Waals surface area contributed by atoms with Gasteiger partial charge in [0.25, 0.3) is 0 Å². The average molecular weight is 233 g/mol. The number of carbonyl (C=O) groups excluding carboxylic acids is 1. The average Bonchev–Trinajstić information content (AvgIpc) is 3.00. The largest absolute Gasteiger partial charge is 0.377 e. The molecule has 92 valence electrons. The number of hydrogen-bond donors (Lipinski definition) is 2. The first kappa shape index (κ1) is 11.9. The molecule has 1 aromatic carbocycles. The van der Waals surface area contributed by atoms with Crippen LogP contribution < -0.4 is 16.0 Å². The van der Waals surface area contributed by atoms with Gasteiger partial charge in [0, 0.05) is 25.5 Å². The summed E-state index contributed by atoms with van der Waals surface area (Å²) in [6.07, 6.45) is 1.57. The zero-order valence-corrected chi connectivity index (χ0v) is 10.6.